The van der Waals surface area contributed by atoms with Crippen LogP contribution in [0.1, 0.15) is 34.7 Å². The number of pyridine rings is 1. The zero-order chi connectivity index (χ0) is 10.1. The molecular weight excluding hydrogens is 180 g/mol. The van der Waals surface area contributed by atoms with Crippen LogP contribution in [0, 0.1) is 0 Å². The maximum atomic E-state index is 11.3. The van der Waals surface area contributed by atoms with E-state index >= 15 is 0 Å². The van der Waals surface area contributed by atoms with Crippen LogP contribution in [0.4, 0.5) is 5.82 Å². The molecule has 0 aliphatic heterocycles. The number of methoxy groups -OCH3 is 1. The maximum Gasteiger partial charge on any atom is 0.341 e. The summed E-state index contributed by atoms with van der Waals surface area (Å²) in [6.45, 7) is 0. The molecule has 4 heteroatoms. The van der Waals surface area contributed by atoms with E-state index in [9.17, 15) is 4.79 Å². The maximum absolute atomic E-state index is 11.3. The molecule has 0 radical (unpaired) electrons. The standard InChI is InChI=1S/C10H12N2O2/c1-14-10(13)8-4-7(6-2-3-6)5-12-9(8)11/h4-6H,2-3H2,1H3,(H2,11,12). The van der Waals surface area contributed by atoms with E-state index in [4.69, 9.17) is 5.73 Å². The third kappa shape index (κ3) is 1.55. The Balaban J connectivity index is 2.36. The third-order valence-corrected chi connectivity index (χ3v) is 2.39. The lowest BCUT2D eigenvalue weighted by atomic mass is 10.1. The van der Waals surface area contributed by atoms with Gasteiger partial charge in [-0.15, -0.1) is 0 Å². The van der Waals surface area contributed by atoms with Crippen molar-refractivity contribution in [2.24, 2.45) is 0 Å². The number of rotatable bonds is 2. The van der Waals surface area contributed by atoms with Gasteiger partial charge in [0.05, 0.1) is 7.11 Å². The first-order chi connectivity index (χ1) is 6.72. The molecule has 0 spiro atoms. The van der Waals surface area contributed by atoms with E-state index in [-0.39, 0.29) is 5.82 Å². The lowest BCUT2D eigenvalue weighted by Gasteiger charge is -2.04. The number of carbonyl (C=O) groups excluding carboxylic acids is 1. The zero-order valence-electron chi connectivity index (χ0n) is 7.99. The van der Waals surface area contributed by atoms with E-state index in [1.807, 2.05) is 0 Å². The van der Waals surface area contributed by atoms with Crippen molar-refractivity contribution in [1.82, 2.24) is 4.98 Å². The highest BCUT2D eigenvalue weighted by Crippen LogP contribution is 2.40. The van der Waals surface area contributed by atoms with Crippen LogP contribution in [0.5, 0.6) is 0 Å². The van der Waals surface area contributed by atoms with Gasteiger partial charge >= 0.3 is 5.97 Å². The van der Waals surface area contributed by atoms with E-state index in [0.29, 0.717) is 11.5 Å². The Morgan fingerprint density at radius 1 is 1.64 bits per heavy atom. The topological polar surface area (TPSA) is 65.2 Å². The van der Waals surface area contributed by atoms with Crippen LogP contribution in [0.15, 0.2) is 12.3 Å². The molecule has 1 aromatic rings. The second kappa shape index (κ2) is 3.29. The Labute approximate surface area is 82.1 Å². The fourth-order valence-corrected chi connectivity index (χ4v) is 1.40. The van der Waals surface area contributed by atoms with Gasteiger partial charge in [-0.05, 0) is 30.4 Å². The lowest BCUT2D eigenvalue weighted by molar-refractivity contribution is 0.0601. The summed E-state index contributed by atoms with van der Waals surface area (Å²) < 4.78 is 4.61. The first-order valence-electron chi connectivity index (χ1n) is 4.56. The molecule has 1 saturated carbocycles. The molecule has 0 aromatic carbocycles. The molecule has 4 nitrogen and oxygen atoms in total. The van der Waals surface area contributed by atoms with Crippen molar-refractivity contribution in [3.63, 3.8) is 0 Å². The second-order valence-corrected chi connectivity index (χ2v) is 3.47. The minimum absolute atomic E-state index is 0.237. The van der Waals surface area contributed by atoms with Gasteiger partial charge in [-0.3, -0.25) is 0 Å². The van der Waals surface area contributed by atoms with Gasteiger partial charge in [-0.25, -0.2) is 9.78 Å². The SMILES string of the molecule is COC(=O)c1cc(C2CC2)cnc1N. The Kier molecular flexibility index (Phi) is 2.11. The highest BCUT2D eigenvalue weighted by molar-refractivity contribution is 5.94. The summed E-state index contributed by atoms with van der Waals surface area (Å²) in [5, 5.41) is 0. The largest absolute Gasteiger partial charge is 0.465 e. The molecule has 1 aromatic heterocycles. The number of nitrogen functional groups attached to an aromatic ring is 1. The summed E-state index contributed by atoms with van der Waals surface area (Å²) in [5.41, 5.74) is 7.03. The van der Waals surface area contributed by atoms with Gasteiger partial charge in [0.1, 0.15) is 11.4 Å². The summed E-state index contributed by atoms with van der Waals surface area (Å²) in [7, 11) is 1.34. The first-order valence-corrected chi connectivity index (χ1v) is 4.56. The van der Waals surface area contributed by atoms with E-state index in [0.717, 1.165) is 5.56 Å². The van der Waals surface area contributed by atoms with Crippen LogP contribution < -0.4 is 5.73 Å². The number of nitrogens with zero attached hydrogens (tertiary/aromatic N) is 1. The molecule has 0 bridgehead atoms. The lowest BCUT2D eigenvalue weighted by Crippen LogP contribution is -2.07. The number of hydrogen-bond acceptors (Lipinski definition) is 4. The summed E-state index contributed by atoms with van der Waals surface area (Å²) in [6.07, 6.45) is 4.08. The summed E-state index contributed by atoms with van der Waals surface area (Å²) in [4.78, 5) is 15.3. The van der Waals surface area contributed by atoms with Crippen molar-refractivity contribution in [1.29, 1.82) is 0 Å². The van der Waals surface area contributed by atoms with Crippen molar-refractivity contribution in [2.45, 2.75) is 18.8 Å². The molecule has 1 fully saturated rings. The molecule has 1 aliphatic carbocycles. The van der Waals surface area contributed by atoms with Crippen LogP contribution in [0.3, 0.4) is 0 Å². The van der Waals surface area contributed by atoms with Crippen LogP contribution in [0.25, 0.3) is 0 Å². The van der Waals surface area contributed by atoms with Gasteiger partial charge in [0.25, 0.3) is 0 Å². The van der Waals surface area contributed by atoms with Crippen LogP contribution in [-0.4, -0.2) is 18.1 Å². The average Bonchev–Trinajstić information content (AvgIpc) is 3.01. The normalized spacial score (nSPS) is 15.2. The van der Waals surface area contributed by atoms with E-state index in [1.54, 1.807) is 12.3 Å². The Bertz CT molecular complexity index is 372. The first kappa shape index (κ1) is 8.99. The molecule has 2 rings (SSSR count). The van der Waals surface area contributed by atoms with Crippen LogP contribution >= 0.6 is 0 Å². The Morgan fingerprint density at radius 3 is 2.93 bits per heavy atom. The number of esters is 1. The van der Waals surface area contributed by atoms with Crippen molar-refractivity contribution >= 4 is 11.8 Å². The molecule has 14 heavy (non-hydrogen) atoms. The van der Waals surface area contributed by atoms with Gasteiger partial charge < -0.3 is 10.5 Å². The molecule has 2 N–H and O–H groups in total. The Hall–Kier alpha value is -1.58. The monoisotopic (exact) mass is 192 g/mol. The van der Waals surface area contributed by atoms with Gasteiger partial charge in [-0.1, -0.05) is 0 Å². The molecule has 0 atom stereocenters. The van der Waals surface area contributed by atoms with Crippen LogP contribution in [0.2, 0.25) is 0 Å². The van der Waals surface area contributed by atoms with Gasteiger partial charge in [0.15, 0.2) is 0 Å². The van der Waals surface area contributed by atoms with Crippen molar-refractivity contribution in [2.75, 3.05) is 12.8 Å². The summed E-state index contributed by atoms with van der Waals surface area (Å²) >= 11 is 0. The van der Waals surface area contributed by atoms with Crippen molar-refractivity contribution in [3.8, 4) is 0 Å². The molecule has 1 aliphatic rings. The zero-order valence-corrected chi connectivity index (χ0v) is 7.99. The van der Waals surface area contributed by atoms with Gasteiger partial charge in [0, 0.05) is 6.20 Å². The predicted molar refractivity (Wildman–Crippen MR) is 52.0 cm³/mol. The molecule has 0 saturated heterocycles. The third-order valence-electron chi connectivity index (χ3n) is 2.39. The van der Waals surface area contributed by atoms with Crippen molar-refractivity contribution in [3.05, 3.63) is 23.4 Å². The average molecular weight is 192 g/mol. The molecular formula is C10H12N2O2. The van der Waals surface area contributed by atoms with E-state index in [2.05, 4.69) is 9.72 Å². The minimum atomic E-state index is -0.419. The number of nitrogens with two attached hydrogens (primary N) is 1. The fourth-order valence-electron chi connectivity index (χ4n) is 1.40. The van der Waals surface area contributed by atoms with E-state index < -0.39 is 5.97 Å². The van der Waals surface area contributed by atoms with Gasteiger partial charge in [0.2, 0.25) is 0 Å². The Morgan fingerprint density at radius 2 is 2.36 bits per heavy atom. The highest BCUT2D eigenvalue weighted by atomic mass is 16.5. The molecule has 74 valence electrons. The minimum Gasteiger partial charge on any atom is -0.465 e. The second-order valence-electron chi connectivity index (χ2n) is 3.47. The predicted octanol–water partition coefficient (Wildman–Crippen LogP) is 1.33. The number of ether oxygens (including phenoxy) is 1. The van der Waals surface area contributed by atoms with Crippen LogP contribution in [-0.2, 0) is 4.74 Å². The summed E-state index contributed by atoms with van der Waals surface area (Å²) in [6, 6.07) is 1.78. The quantitative estimate of drug-likeness (QED) is 0.718. The van der Waals surface area contributed by atoms with Crippen molar-refractivity contribution < 1.29 is 9.53 Å². The smallest absolute Gasteiger partial charge is 0.341 e. The molecule has 0 unspecified atom stereocenters. The van der Waals surface area contributed by atoms with Gasteiger partial charge in [-0.2, -0.15) is 0 Å². The molecule has 0 amide bonds. The summed E-state index contributed by atoms with van der Waals surface area (Å²) in [5.74, 6) is 0.380. The fraction of sp³-hybridized carbons (Fsp3) is 0.400. The highest BCUT2D eigenvalue weighted by Gasteiger charge is 2.25. The molecule has 1 heterocycles. The number of aromatic nitrogens is 1. The number of anilines is 1. The number of carbonyl (C=O) groups is 1. The van der Waals surface area contributed by atoms with E-state index in [1.165, 1.54) is 20.0 Å². The number of hydrogen-bond donors (Lipinski definition) is 1.